The molecule has 0 aliphatic rings. The van der Waals surface area contributed by atoms with Gasteiger partial charge in [0, 0.05) is 17.2 Å². The summed E-state index contributed by atoms with van der Waals surface area (Å²) >= 11 is 3.27. The first-order valence-electron chi connectivity index (χ1n) is 2.63. The summed E-state index contributed by atoms with van der Waals surface area (Å²) in [4.78, 5) is 4.02. The summed E-state index contributed by atoms with van der Waals surface area (Å²) in [6.07, 6.45) is 1.74. The first-order valence-corrected chi connectivity index (χ1v) is 3.42. The Labute approximate surface area is 74.4 Å². The quantitative estimate of drug-likeness (QED) is 0.787. The normalized spacial score (nSPS) is 8.60. The van der Waals surface area contributed by atoms with Crippen molar-refractivity contribution in [3.8, 4) is 0 Å². The second-order valence-corrected chi connectivity index (χ2v) is 2.59. The molecule has 0 aromatic carbocycles. The molecule has 1 aromatic heterocycles. The molecule has 0 radical (unpaired) electrons. The molecule has 0 bridgehead atoms. The van der Waals surface area contributed by atoms with E-state index in [1.165, 1.54) is 0 Å². The third-order valence-electron chi connectivity index (χ3n) is 0.998. The second kappa shape index (κ2) is 4.66. The molecule has 2 nitrogen and oxygen atoms in total. The highest BCUT2D eigenvalue weighted by Crippen LogP contribution is 2.06. The lowest BCUT2D eigenvalue weighted by atomic mass is 10.4. The van der Waals surface area contributed by atoms with Crippen LogP contribution in [0.2, 0.25) is 0 Å². The number of halogens is 2. The van der Waals surface area contributed by atoms with Gasteiger partial charge in [-0.15, -0.1) is 12.4 Å². The van der Waals surface area contributed by atoms with E-state index in [4.69, 9.17) is 5.73 Å². The number of pyridine rings is 1. The molecule has 0 amide bonds. The van der Waals surface area contributed by atoms with Crippen molar-refractivity contribution in [3.63, 3.8) is 0 Å². The van der Waals surface area contributed by atoms with Gasteiger partial charge in [0.05, 0.1) is 5.69 Å². The highest BCUT2D eigenvalue weighted by atomic mass is 79.9. The molecule has 0 spiro atoms. The number of hydrogen-bond donors (Lipinski definition) is 1. The lowest BCUT2D eigenvalue weighted by Crippen LogP contribution is -1.97. The third kappa shape index (κ3) is 2.64. The maximum atomic E-state index is 5.32. The van der Waals surface area contributed by atoms with Gasteiger partial charge in [-0.3, -0.25) is 4.98 Å². The van der Waals surface area contributed by atoms with Crippen LogP contribution in [0.3, 0.4) is 0 Å². The van der Waals surface area contributed by atoms with Crippen molar-refractivity contribution < 1.29 is 0 Å². The molecule has 0 saturated heterocycles. The van der Waals surface area contributed by atoms with Gasteiger partial charge in [0.2, 0.25) is 0 Å². The van der Waals surface area contributed by atoms with Crippen molar-refractivity contribution in [1.29, 1.82) is 0 Å². The fraction of sp³-hybridized carbons (Fsp3) is 0.167. The summed E-state index contributed by atoms with van der Waals surface area (Å²) in [5.74, 6) is 0. The molecule has 56 valence electrons. The number of nitrogens with two attached hydrogens (primary N) is 1. The molecular weight excluding hydrogens is 215 g/mol. The molecule has 1 rings (SSSR count). The minimum absolute atomic E-state index is 0. The molecule has 0 fully saturated rings. The second-order valence-electron chi connectivity index (χ2n) is 1.67. The van der Waals surface area contributed by atoms with E-state index in [1.54, 1.807) is 6.20 Å². The fourth-order valence-electron chi connectivity index (χ4n) is 0.527. The Morgan fingerprint density at radius 3 is 2.60 bits per heavy atom. The highest BCUT2D eigenvalue weighted by molar-refractivity contribution is 9.10. The molecule has 2 N–H and O–H groups in total. The zero-order valence-electron chi connectivity index (χ0n) is 5.25. The van der Waals surface area contributed by atoms with Crippen LogP contribution in [0, 0.1) is 0 Å². The van der Waals surface area contributed by atoms with E-state index >= 15 is 0 Å². The standard InChI is InChI=1S/C6H7BrN2.ClH/c7-5-1-2-6(3-8)9-4-5;/h1-2,4H,3,8H2;1H. The van der Waals surface area contributed by atoms with Gasteiger partial charge in [0.25, 0.3) is 0 Å². The monoisotopic (exact) mass is 222 g/mol. The summed E-state index contributed by atoms with van der Waals surface area (Å²) in [6, 6.07) is 3.82. The fourth-order valence-corrected chi connectivity index (χ4v) is 0.762. The van der Waals surface area contributed by atoms with Gasteiger partial charge < -0.3 is 5.73 Å². The van der Waals surface area contributed by atoms with Gasteiger partial charge in [-0.1, -0.05) is 0 Å². The van der Waals surface area contributed by atoms with Gasteiger partial charge >= 0.3 is 0 Å². The van der Waals surface area contributed by atoms with Crippen LogP contribution in [0.5, 0.6) is 0 Å². The largest absolute Gasteiger partial charge is 0.325 e. The minimum atomic E-state index is 0. The van der Waals surface area contributed by atoms with E-state index in [-0.39, 0.29) is 12.4 Å². The number of rotatable bonds is 1. The van der Waals surface area contributed by atoms with E-state index in [1.807, 2.05) is 12.1 Å². The van der Waals surface area contributed by atoms with Crippen LogP contribution in [0.15, 0.2) is 22.8 Å². The van der Waals surface area contributed by atoms with Gasteiger partial charge in [-0.05, 0) is 28.1 Å². The first-order chi connectivity index (χ1) is 4.33. The Balaban J connectivity index is 0.000000810. The van der Waals surface area contributed by atoms with E-state index in [0.717, 1.165) is 10.2 Å². The predicted octanol–water partition coefficient (Wildman–Crippen LogP) is 1.72. The summed E-state index contributed by atoms with van der Waals surface area (Å²) in [6.45, 7) is 0.507. The third-order valence-corrected chi connectivity index (χ3v) is 1.47. The number of aromatic nitrogens is 1. The zero-order valence-corrected chi connectivity index (χ0v) is 7.65. The van der Waals surface area contributed by atoms with E-state index in [9.17, 15) is 0 Å². The molecule has 4 heteroatoms. The van der Waals surface area contributed by atoms with Crippen LogP contribution < -0.4 is 5.73 Å². The molecule has 1 aromatic rings. The lowest BCUT2D eigenvalue weighted by molar-refractivity contribution is 0.988. The average Bonchev–Trinajstić information content (AvgIpc) is 1.90. The Bertz CT molecular complexity index is 187. The summed E-state index contributed by atoms with van der Waals surface area (Å²) in [5, 5.41) is 0. The zero-order chi connectivity index (χ0) is 6.69. The molecule has 10 heavy (non-hydrogen) atoms. The first kappa shape index (κ1) is 9.88. The summed E-state index contributed by atoms with van der Waals surface area (Å²) in [7, 11) is 0. The van der Waals surface area contributed by atoms with Crippen molar-refractivity contribution in [3.05, 3.63) is 28.5 Å². The van der Waals surface area contributed by atoms with E-state index < -0.39 is 0 Å². The Morgan fingerprint density at radius 1 is 1.50 bits per heavy atom. The summed E-state index contributed by atoms with van der Waals surface area (Å²) < 4.78 is 0.986. The van der Waals surface area contributed by atoms with E-state index in [0.29, 0.717) is 6.54 Å². The maximum absolute atomic E-state index is 5.32. The predicted molar refractivity (Wildman–Crippen MR) is 47.1 cm³/mol. The van der Waals surface area contributed by atoms with Crippen molar-refractivity contribution >= 4 is 28.3 Å². The van der Waals surface area contributed by atoms with Gasteiger partial charge in [-0.25, -0.2) is 0 Å². The van der Waals surface area contributed by atoms with Crippen molar-refractivity contribution in [1.82, 2.24) is 4.98 Å². The molecule has 0 unspecified atom stereocenters. The van der Waals surface area contributed by atoms with Crippen LogP contribution in [0.25, 0.3) is 0 Å². The Hall–Kier alpha value is -0.120. The molecular formula is C6H8BrClN2. The molecule has 1 heterocycles. The minimum Gasteiger partial charge on any atom is -0.325 e. The van der Waals surface area contributed by atoms with Crippen LogP contribution in [0.4, 0.5) is 0 Å². The smallest absolute Gasteiger partial charge is 0.0540 e. The average molecular weight is 224 g/mol. The topological polar surface area (TPSA) is 38.9 Å². The van der Waals surface area contributed by atoms with Gasteiger partial charge in [-0.2, -0.15) is 0 Å². The van der Waals surface area contributed by atoms with Crippen molar-refractivity contribution in [2.75, 3.05) is 0 Å². The van der Waals surface area contributed by atoms with Crippen LogP contribution >= 0.6 is 28.3 Å². The van der Waals surface area contributed by atoms with Crippen LogP contribution in [0.1, 0.15) is 5.69 Å². The number of nitrogens with zero attached hydrogens (tertiary/aromatic N) is 1. The maximum Gasteiger partial charge on any atom is 0.0540 e. The van der Waals surface area contributed by atoms with Crippen molar-refractivity contribution in [2.24, 2.45) is 5.73 Å². The lowest BCUT2D eigenvalue weighted by Gasteiger charge is -1.92. The number of hydrogen-bond acceptors (Lipinski definition) is 2. The van der Waals surface area contributed by atoms with Gasteiger partial charge in [0.1, 0.15) is 0 Å². The Kier molecular flexibility index (Phi) is 4.60. The van der Waals surface area contributed by atoms with Gasteiger partial charge in [0.15, 0.2) is 0 Å². The van der Waals surface area contributed by atoms with Crippen LogP contribution in [-0.4, -0.2) is 4.98 Å². The van der Waals surface area contributed by atoms with Crippen LogP contribution in [-0.2, 0) is 6.54 Å². The highest BCUT2D eigenvalue weighted by Gasteiger charge is 1.87. The molecule has 0 aliphatic heterocycles. The van der Waals surface area contributed by atoms with E-state index in [2.05, 4.69) is 20.9 Å². The molecule has 0 aliphatic carbocycles. The van der Waals surface area contributed by atoms with Crippen molar-refractivity contribution in [2.45, 2.75) is 6.54 Å². The summed E-state index contributed by atoms with van der Waals surface area (Å²) in [5.41, 5.74) is 6.24. The molecule has 0 atom stereocenters. The molecule has 0 saturated carbocycles. The Morgan fingerprint density at radius 2 is 2.20 bits per heavy atom. The SMILES string of the molecule is Cl.NCc1ccc(Br)cn1.